The second-order valence-corrected chi connectivity index (χ2v) is 5.74. The number of nitrogens with one attached hydrogen (secondary N) is 1. The van der Waals surface area contributed by atoms with Gasteiger partial charge in [0.2, 0.25) is 0 Å². The van der Waals surface area contributed by atoms with Crippen molar-refractivity contribution in [3.05, 3.63) is 52.6 Å². The van der Waals surface area contributed by atoms with Crippen LogP contribution in [0, 0.1) is 0 Å². The number of fused-ring (bicyclic) bond motifs is 2. The van der Waals surface area contributed by atoms with E-state index in [2.05, 4.69) is 5.32 Å². The van der Waals surface area contributed by atoms with Crippen LogP contribution in [0.4, 0.5) is 5.69 Å². The summed E-state index contributed by atoms with van der Waals surface area (Å²) in [6.07, 6.45) is 0. The molecule has 0 unspecified atom stereocenters. The van der Waals surface area contributed by atoms with Crippen molar-refractivity contribution in [2.24, 2.45) is 5.73 Å². The van der Waals surface area contributed by atoms with Gasteiger partial charge < -0.3 is 25.3 Å². The second-order valence-electron chi connectivity index (χ2n) is 5.74. The van der Waals surface area contributed by atoms with Crippen molar-refractivity contribution in [2.45, 2.75) is 19.3 Å². The van der Waals surface area contributed by atoms with Crippen LogP contribution in [-0.4, -0.2) is 31.6 Å². The lowest BCUT2D eigenvalue weighted by Crippen LogP contribution is -2.47. The Morgan fingerprint density at radius 3 is 2.58 bits per heavy atom. The van der Waals surface area contributed by atoms with Gasteiger partial charge >= 0.3 is 17.9 Å². The molecule has 3 rings (SSSR count). The molecule has 0 radical (unpaired) electrons. The molecular formula is C18H18N2O6. The molecule has 8 heteroatoms. The highest BCUT2D eigenvalue weighted by Gasteiger charge is 2.62. The van der Waals surface area contributed by atoms with Crippen LogP contribution in [0.3, 0.4) is 0 Å². The predicted molar refractivity (Wildman–Crippen MR) is 90.4 cm³/mol. The molecule has 8 nitrogen and oxygen atoms in total. The average Bonchev–Trinajstić information content (AvgIpc) is 2.85. The molecule has 26 heavy (non-hydrogen) atoms. The Labute approximate surface area is 149 Å². The van der Waals surface area contributed by atoms with Crippen LogP contribution >= 0.6 is 0 Å². The van der Waals surface area contributed by atoms with Gasteiger partial charge in [0, 0.05) is 11.3 Å². The minimum Gasteiger partial charge on any atom is -0.466 e. The number of nitrogens with two attached hydrogens (primary N) is 1. The molecule has 3 N–H and O–H groups in total. The van der Waals surface area contributed by atoms with E-state index in [1.54, 1.807) is 31.2 Å². The van der Waals surface area contributed by atoms with Crippen LogP contribution in [-0.2, 0) is 34.0 Å². The number of hydrogen-bond donors (Lipinski definition) is 2. The Kier molecular flexibility index (Phi) is 4.19. The zero-order chi connectivity index (χ0) is 19.1. The molecule has 1 spiro atoms. The van der Waals surface area contributed by atoms with Crippen molar-refractivity contribution < 1.29 is 28.6 Å². The molecule has 0 saturated heterocycles. The first-order valence-electron chi connectivity index (χ1n) is 7.95. The zero-order valence-corrected chi connectivity index (χ0v) is 14.5. The van der Waals surface area contributed by atoms with Gasteiger partial charge in [0.05, 0.1) is 13.7 Å². The molecule has 2 heterocycles. The van der Waals surface area contributed by atoms with Crippen LogP contribution in [0.25, 0.3) is 0 Å². The van der Waals surface area contributed by atoms with E-state index in [0.717, 1.165) is 7.11 Å². The van der Waals surface area contributed by atoms with Crippen LogP contribution < -0.4 is 11.1 Å². The van der Waals surface area contributed by atoms with Gasteiger partial charge in [-0.05, 0) is 19.9 Å². The van der Waals surface area contributed by atoms with Gasteiger partial charge in [-0.25, -0.2) is 14.4 Å². The van der Waals surface area contributed by atoms with Crippen molar-refractivity contribution in [3.63, 3.8) is 0 Å². The molecule has 1 aromatic rings. The molecule has 0 saturated carbocycles. The molecule has 136 valence electrons. The fraction of sp³-hybridized carbons (Fsp3) is 0.278. The number of esters is 3. The van der Waals surface area contributed by atoms with Gasteiger partial charge in [0.15, 0.2) is 5.41 Å². The predicted octanol–water partition coefficient (Wildman–Crippen LogP) is 1.09. The number of carbonyl (C=O) groups excluding carboxylic acids is 3. The number of anilines is 1. The number of benzene rings is 1. The van der Waals surface area contributed by atoms with Gasteiger partial charge in [-0.2, -0.15) is 0 Å². The standard InChI is InChI=1S/C18H18N2O6/c1-4-25-16(22)12-9(2)26-17(23)18(12)10-7-5-6-8-11(10)20-14(19)13(18)15(21)24-3/h5-8,20H,4,19H2,1-3H3/t18-/m1/s1. The molecule has 2 aliphatic rings. The maximum Gasteiger partial charge on any atom is 0.339 e. The van der Waals surface area contributed by atoms with Crippen LogP contribution in [0.15, 0.2) is 47.0 Å². The number of methoxy groups -OCH3 is 1. The van der Waals surface area contributed by atoms with Crippen molar-refractivity contribution in [1.82, 2.24) is 0 Å². The lowest BCUT2D eigenvalue weighted by atomic mass is 9.67. The van der Waals surface area contributed by atoms with Gasteiger partial charge in [-0.1, -0.05) is 18.2 Å². The van der Waals surface area contributed by atoms with E-state index in [4.69, 9.17) is 19.9 Å². The van der Waals surface area contributed by atoms with Gasteiger partial charge in [0.25, 0.3) is 0 Å². The number of rotatable bonds is 3. The third-order valence-electron chi connectivity index (χ3n) is 4.39. The van der Waals surface area contributed by atoms with Crippen molar-refractivity contribution in [1.29, 1.82) is 0 Å². The largest absolute Gasteiger partial charge is 0.466 e. The fourth-order valence-corrected chi connectivity index (χ4v) is 3.43. The summed E-state index contributed by atoms with van der Waals surface area (Å²) in [5.74, 6) is -2.46. The quantitative estimate of drug-likeness (QED) is 0.609. The van der Waals surface area contributed by atoms with E-state index >= 15 is 0 Å². The molecule has 0 aliphatic carbocycles. The number of para-hydroxylation sites is 1. The molecule has 1 atom stereocenters. The lowest BCUT2D eigenvalue weighted by molar-refractivity contribution is -0.146. The van der Waals surface area contributed by atoms with Gasteiger partial charge in [-0.3, -0.25) is 0 Å². The Morgan fingerprint density at radius 1 is 1.23 bits per heavy atom. The molecule has 0 amide bonds. The number of cyclic esters (lactones) is 1. The number of carbonyl (C=O) groups is 3. The van der Waals surface area contributed by atoms with Crippen molar-refractivity contribution in [3.8, 4) is 0 Å². The van der Waals surface area contributed by atoms with E-state index in [-0.39, 0.29) is 29.3 Å². The van der Waals surface area contributed by atoms with Crippen LogP contribution in [0.5, 0.6) is 0 Å². The van der Waals surface area contributed by atoms with Crippen LogP contribution in [0.2, 0.25) is 0 Å². The highest BCUT2D eigenvalue weighted by molar-refractivity contribution is 6.15. The smallest absolute Gasteiger partial charge is 0.339 e. The Bertz CT molecular complexity index is 885. The average molecular weight is 358 g/mol. The topological polar surface area (TPSA) is 117 Å². The fourth-order valence-electron chi connectivity index (χ4n) is 3.43. The third-order valence-corrected chi connectivity index (χ3v) is 4.39. The molecule has 0 bridgehead atoms. The molecule has 0 fully saturated rings. The second kappa shape index (κ2) is 6.21. The maximum atomic E-state index is 13.0. The summed E-state index contributed by atoms with van der Waals surface area (Å²) < 4.78 is 15.2. The first kappa shape index (κ1) is 17.5. The summed E-state index contributed by atoms with van der Waals surface area (Å²) in [4.78, 5) is 38.3. The minimum atomic E-state index is -1.85. The highest BCUT2D eigenvalue weighted by atomic mass is 16.6. The zero-order valence-electron chi connectivity index (χ0n) is 14.5. The summed E-state index contributed by atoms with van der Waals surface area (Å²) in [6, 6.07) is 6.72. The Balaban J connectivity index is 2.41. The summed E-state index contributed by atoms with van der Waals surface area (Å²) in [5, 5.41) is 2.88. The normalized spacial score (nSPS) is 21.3. The lowest BCUT2D eigenvalue weighted by Gasteiger charge is -2.35. The molecular weight excluding hydrogens is 340 g/mol. The molecule has 1 aromatic carbocycles. The highest BCUT2D eigenvalue weighted by Crippen LogP contribution is 2.52. The van der Waals surface area contributed by atoms with E-state index < -0.39 is 23.3 Å². The number of hydrogen-bond acceptors (Lipinski definition) is 8. The maximum absolute atomic E-state index is 13.0. The summed E-state index contributed by atoms with van der Waals surface area (Å²) in [7, 11) is 1.16. The summed E-state index contributed by atoms with van der Waals surface area (Å²) in [6.45, 7) is 3.20. The van der Waals surface area contributed by atoms with E-state index in [1.807, 2.05) is 0 Å². The number of allylic oxidation sites excluding steroid dienone is 1. The number of ether oxygens (including phenoxy) is 3. The van der Waals surface area contributed by atoms with Gasteiger partial charge in [-0.15, -0.1) is 0 Å². The summed E-state index contributed by atoms with van der Waals surface area (Å²) in [5.41, 5.74) is 4.75. The van der Waals surface area contributed by atoms with E-state index in [9.17, 15) is 14.4 Å². The molecule has 0 aromatic heterocycles. The van der Waals surface area contributed by atoms with Gasteiger partial charge in [0.1, 0.15) is 22.7 Å². The van der Waals surface area contributed by atoms with Crippen LogP contribution in [0.1, 0.15) is 19.4 Å². The SMILES string of the molecule is CCOC(=O)C1=C(C)OC(=O)[C@@]12C(C(=O)OC)=C(N)Nc1ccccc12. The van der Waals surface area contributed by atoms with Crippen molar-refractivity contribution in [2.75, 3.05) is 19.0 Å². The van der Waals surface area contributed by atoms with E-state index in [0.29, 0.717) is 11.3 Å². The third kappa shape index (κ3) is 2.18. The molecule has 2 aliphatic heterocycles. The first-order chi connectivity index (χ1) is 12.4. The Morgan fingerprint density at radius 2 is 1.92 bits per heavy atom. The first-order valence-corrected chi connectivity index (χ1v) is 7.95. The van der Waals surface area contributed by atoms with E-state index in [1.165, 1.54) is 6.92 Å². The Hall–Kier alpha value is -3.29. The monoisotopic (exact) mass is 358 g/mol. The minimum absolute atomic E-state index is 0.0550. The van der Waals surface area contributed by atoms with Crippen molar-refractivity contribution >= 4 is 23.6 Å². The summed E-state index contributed by atoms with van der Waals surface area (Å²) >= 11 is 0.